The van der Waals surface area contributed by atoms with E-state index in [1.54, 1.807) is 0 Å². The Morgan fingerprint density at radius 1 is 0.967 bits per heavy atom. The van der Waals surface area contributed by atoms with Gasteiger partial charge in [0, 0.05) is 25.2 Å². The third kappa shape index (κ3) is 3.62. The number of anilines is 1. The quantitative estimate of drug-likeness (QED) is 0.780. The number of rotatable bonds is 4. The first-order valence-electron chi connectivity index (χ1n) is 10.8. The molecule has 2 amide bonds. The molecule has 1 atom stereocenters. The Balaban J connectivity index is 1.28. The fourth-order valence-corrected chi connectivity index (χ4v) is 4.67. The van der Waals surface area contributed by atoms with Gasteiger partial charge in [0.05, 0.1) is 12.5 Å². The fraction of sp³-hybridized carbons (Fsp3) is 0.417. The number of likely N-dealkylation sites (tertiary alicyclic amines) is 1. The number of carbonyl (C=O) groups is 2. The highest BCUT2D eigenvalue weighted by Crippen LogP contribution is 2.38. The van der Waals surface area contributed by atoms with Gasteiger partial charge in [0.15, 0.2) is 11.5 Å². The van der Waals surface area contributed by atoms with Gasteiger partial charge in [-0.05, 0) is 54.7 Å². The van der Waals surface area contributed by atoms with E-state index in [0.717, 1.165) is 60.7 Å². The number of fused-ring (bicyclic) bond motifs is 1. The van der Waals surface area contributed by atoms with Gasteiger partial charge >= 0.3 is 0 Å². The maximum absolute atomic E-state index is 13.1. The van der Waals surface area contributed by atoms with Crippen LogP contribution in [0.25, 0.3) is 0 Å². The summed E-state index contributed by atoms with van der Waals surface area (Å²) in [5.74, 6) is 1.86. The zero-order chi connectivity index (χ0) is 20.5. The molecule has 2 saturated heterocycles. The van der Waals surface area contributed by atoms with Gasteiger partial charge < -0.3 is 19.3 Å². The average Bonchev–Trinajstić information content (AvgIpc) is 3.43. The molecule has 0 bridgehead atoms. The molecule has 0 unspecified atom stereocenters. The molecular formula is C24H26N2O4. The van der Waals surface area contributed by atoms with Crippen molar-refractivity contribution in [1.82, 2.24) is 4.90 Å². The molecule has 3 heterocycles. The van der Waals surface area contributed by atoms with E-state index in [9.17, 15) is 9.59 Å². The Bertz CT molecular complexity index is 956. The molecule has 0 radical (unpaired) electrons. The Hall–Kier alpha value is -3.02. The van der Waals surface area contributed by atoms with E-state index >= 15 is 0 Å². The maximum Gasteiger partial charge on any atom is 0.227 e. The number of hydrogen-bond donors (Lipinski definition) is 0. The molecule has 2 fully saturated rings. The van der Waals surface area contributed by atoms with Crippen LogP contribution in [-0.4, -0.2) is 43.0 Å². The van der Waals surface area contributed by atoms with Gasteiger partial charge in [0.1, 0.15) is 13.2 Å². The maximum atomic E-state index is 13.1. The van der Waals surface area contributed by atoms with E-state index in [-0.39, 0.29) is 17.9 Å². The lowest BCUT2D eigenvalue weighted by Gasteiger charge is -2.27. The molecule has 6 nitrogen and oxygen atoms in total. The van der Waals surface area contributed by atoms with Crippen LogP contribution >= 0.6 is 0 Å². The molecule has 2 aromatic carbocycles. The first-order valence-corrected chi connectivity index (χ1v) is 10.8. The molecular weight excluding hydrogens is 380 g/mol. The molecule has 0 aliphatic carbocycles. The summed E-state index contributed by atoms with van der Waals surface area (Å²) in [6.45, 7) is 2.69. The number of amides is 2. The predicted octanol–water partition coefficient (Wildman–Crippen LogP) is 3.49. The normalized spacial score (nSPS) is 20.7. The van der Waals surface area contributed by atoms with Crippen LogP contribution < -0.4 is 14.4 Å². The molecule has 156 valence electrons. The third-order valence-corrected chi connectivity index (χ3v) is 6.20. The van der Waals surface area contributed by atoms with Crippen molar-refractivity contribution in [3.05, 3.63) is 53.6 Å². The summed E-state index contributed by atoms with van der Waals surface area (Å²) >= 11 is 0. The van der Waals surface area contributed by atoms with Crippen LogP contribution in [0.1, 0.15) is 42.9 Å². The van der Waals surface area contributed by atoms with Gasteiger partial charge in [-0.15, -0.1) is 0 Å². The topological polar surface area (TPSA) is 59.1 Å². The van der Waals surface area contributed by atoms with Crippen LogP contribution in [-0.2, 0) is 16.0 Å². The Morgan fingerprint density at radius 2 is 1.77 bits per heavy atom. The van der Waals surface area contributed by atoms with Crippen molar-refractivity contribution in [3.63, 3.8) is 0 Å². The van der Waals surface area contributed by atoms with E-state index in [2.05, 4.69) is 0 Å². The summed E-state index contributed by atoms with van der Waals surface area (Å²) in [4.78, 5) is 28.8. The largest absolute Gasteiger partial charge is 0.486 e. The van der Waals surface area contributed by atoms with E-state index in [1.165, 1.54) is 0 Å². The highest BCUT2D eigenvalue weighted by molar-refractivity contribution is 5.95. The second-order valence-corrected chi connectivity index (χ2v) is 8.14. The smallest absolute Gasteiger partial charge is 0.227 e. The Kier molecular flexibility index (Phi) is 5.07. The second-order valence-electron chi connectivity index (χ2n) is 8.14. The van der Waals surface area contributed by atoms with Crippen LogP contribution in [0.5, 0.6) is 11.5 Å². The minimum Gasteiger partial charge on any atom is -0.486 e. The van der Waals surface area contributed by atoms with Gasteiger partial charge in [0.25, 0.3) is 0 Å². The van der Waals surface area contributed by atoms with Crippen molar-refractivity contribution in [2.24, 2.45) is 0 Å². The lowest BCUT2D eigenvalue weighted by Crippen LogP contribution is -2.32. The third-order valence-electron chi connectivity index (χ3n) is 6.20. The summed E-state index contributed by atoms with van der Waals surface area (Å²) in [6.07, 6.45) is 3.86. The summed E-state index contributed by atoms with van der Waals surface area (Å²) in [6, 6.07) is 13.9. The first kappa shape index (κ1) is 19.0. The molecule has 0 aromatic heterocycles. The summed E-state index contributed by atoms with van der Waals surface area (Å²) < 4.78 is 11.3. The van der Waals surface area contributed by atoms with Crippen molar-refractivity contribution in [1.29, 1.82) is 0 Å². The number of ether oxygens (including phenoxy) is 2. The minimum atomic E-state index is 0.0785. The molecule has 0 spiro atoms. The molecule has 3 aliphatic rings. The van der Waals surface area contributed by atoms with Crippen LogP contribution in [0.4, 0.5) is 5.69 Å². The van der Waals surface area contributed by atoms with Gasteiger partial charge in [-0.3, -0.25) is 9.59 Å². The predicted molar refractivity (Wildman–Crippen MR) is 113 cm³/mol. The summed E-state index contributed by atoms with van der Waals surface area (Å²) in [5.41, 5.74) is 3.00. The van der Waals surface area contributed by atoms with Crippen molar-refractivity contribution < 1.29 is 19.1 Å². The lowest BCUT2D eigenvalue weighted by molar-refractivity contribution is -0.131. The van der Waals surface area contributed by atoms with E-state index in [1.807, 2.05) is 52.3 Å². The van der Waals surface area contributed by atoms with Crippen molar-refractivity contribution in [2.75, 3.05) is 31.2 Å². The van der Waals surface area contributed by atoms with Crippen molar-refractivity contribution in [3.8, 4) is 11.5 Å². The van der Waals surface area contributed by atoms with E-state index in [0.29, 0.717) is 26.1 Å². The molecule has 6 heteroatoms. The number of hydrogen-bond acceptors (Lipinski definition) is 4. The van der Waals surface area contributed by atoms with Gasteiger partial charge in [0.2, 0.25) is 11.8 Å². The van der Waals surface area contributed by atoms with E-state index < -0.39 is 0 Å². The van der Waals surface area contributed by atoms with Crippen molar-refractivity contribution in [2.45, 2.75) is 38.1 Å². The number of carbonyl (C=O) groups excluding carboxylic acids is 2. The van der Waals surface area contributed by atoms with Crippen LogP contribution in [0.3, 0.4) is 0 Å². The standard InChI is InChI=1S/C24H26N2O4/c27-23-4-2-11-25(23)19-8-5-17(6-9-19)15-24(28)26-12-1-3-20(26)18-7-10-21-22(16-18)30-14-13-29-21/h5-10,16,20H,1-4,11-15H2/t20-/m0/s1. The monoisotopic (exact) mass is 406 g/mol. The molecule has 2 aromatic rings. The van der Waals surface area contributed by atoms with Crippen molar-refractivity contribution >= 4 is 17.5 Å². The Labute approximate surface area is 176 Å². The lowest BCUT2D eigenvalue weighted by atomic mass is 10.0. The molecule has 0 N–H and O–H groups in total. The zero-order valence-electron chi connectivity index (χ0n) is 17.0. The summed E-state index contributed by atoms with van der Waals surface area (Å²) in [7, 11) is 0. The van der Waals surface area contributed by atoms with E-state index in [4.69, 9.17) is 9.47 Å². The first-order chi connectivity index (χ1) is 14.7. The SMILES string of the molecule is O=C1CCCN1c1ccc(CC(=O)N2CCC[C@H]2c2ccc3c(c2)OCCO3)cc1. The number of benzene rings is 2. The molecule has 3 aliphatic heterocycles. The second kappa shape index (κ2) is 8.01. The van der Waals surface area contributed by atoms with Crippen LogP contribution in [0, 0.1) is 0 Å². The fourth-order valence-electron chi connectivity index (χ4n) is 4.67. The molecule has 5 rings (SSSR count). The highest BCUT2D eigenvalue weighted by atomic mass is 16.6. The van der Waals surface area contributed by atoms with Crippen LogP contribution in [0.15, 0.2) is 42.5 Å². The molecule has 30 heavy (non-hydrogen) atoms. The van der Waals surface area contributed by atoms with Gasteiger partial charge in [-0.25, -0.2) is 0 Å². The Morgan fingerprint density at radius 3 is 2.53 bits per heavy atom. The molecule has 0 saturated carbocycles. The van der Waals surface area contributed by atoms with Gasteiger partial charge in [-0.1, -0.05) is 18.2 Å². The van der Waals surface area contributed by atoms with Crippen LogP contribution in [0.2, 0.25) is 0 Å². The average molecular weight is 406 g/mol. The minimum absolute atomic E-state index is 0.0785. The number of nitrogens with zero attached hydrogens (tertiary/aromatic N) is 2. The highest BCUT2D eigenvalue weighted by Gasteiger charge is 2.31. The van der Waals surface area contributed by atoms with Gasteiger partial charge in [-0.2, -0.15) is 0 Å². The summed E-state index contributed by atoms with van der Waals surface area (Å²) in [5, 5.41) is 0. The zero-order valence-corrected chi connectivity index (χ0v) is 17.0.